The van der Waals surface area contributed by atoms with Crippen molar-refractivity contribution in [2.75, 3.05) is 18.6 Å². The molecule has 1 N–H and O–H groups in total. The number of rotatable bonds is 4. The van der Waals surface area contributed by atoms with Gasteiger partial charge in [0, 0.05) is 13.6 Å². The molecule has 1 atom stereocenters. The summed E-state index contributed by atoms with van der Waals surface area (Å²) in [7, 11) is 2.94. The Hall–Kier alpha value is -4.92. The van der Waals surface area contributed by atoms with E-state index in [0.29, 0.717) is 35.6 Å². The van der Waals surface area contributed by atoms with Gasteiger partial charge in [0.2, 0.25) is 11.7 Å². The van der Waals surface area contributed by atoms with E-state index in [1.54, 1.807) is 25.2 Å². The lowest BCUT2D eigenvalue weighted by Crippen LogP contribution is -2.40. The average molecular weight is 509 g/mol. The molecular formula is C29H24N4O5. The SMILES string of the molecule is COC(=O)c1ccc2c(c1)CCN(c1nc(-c3nc4ccccc4o3)c(O)c(=O)n1C)[C@@H]2c1ccccc1. The minimum Gasteiger partial charge on any atom is -0.501 e. The minimum atomic E-state index is -0.606. The molecule has 190 valence electrons. The first-order chi connectivity index (χ1) is 18.5. The van der Waals surface area contributed by atoms with Crippen LogP contribution in [0.2, 0.25) is 0 Å². The lowest BCUT2D eigenvalue weighted by molar-refractivity contribution is 0.0600. The molecule has 0 saturated heterocycles. The molecule has 3 aromatic carbocycles. The predicted molar refractivity (Wildman–Crippen MR) is 141 cm³/mol. The van der Waals surface area contributed by atoms with E-state index >= 15 is 0 Å². The lowest BCUT2D eigenvalue weighted by Gasteiger charge is -2.39. The van der Waals surface area contributed by atoms with Crippen LogP contribution in [0.4, 0.5) is 5.95 Å². The number of fused-ring (bicyclic) bond motifs is 2. The van der Waals surface area contributed by atoms with Gasteiger partial charge in [-0.1, -0.05) is 48.5 Å². The number of anilines is 1. The van der Waals surface area contributed by atoms with Gasteiger partial charge in [-0.2, -0.15) is 0 Å². The molecule has 6 rings (SSSR count). The highest BCUT2D eigenvalue weighted by atomic mass is 16.5. The van der Waals surface area contributed by atoms with E-state index in [1.165, 1.54) is 11.7 Å². The summed E-state index contributed by atoms with van der Waals surface area (Å²) >= 11 is 0. The molecule has 0 radical (unpaired) electrons. The van der Waals surface area contributed by atoms with E-state index in [4.69, 9.17) is 14.1 Å². The molecule has 1 aliphatic heterocycles. The van der Waals surface area contributed by atoms with Gasteiger partial charge in [-0.3, -0.25) is 9.36 Å². The van der Waals surface area contributed by atoms with Crippen LogP contribution in [-0.2, 0) is 18.2 Å². The summed E-state index contributed by atoms with van der Waals surface area (Å²) in [5, 5.41) is 10.8. The molecule has 38 heavy (non-hydrogen) atoms. The Morgan fingerprint density at radius 3 is 2.58 bits per heavy atom. The largest absolute Gasteiger partial charge is 0.501 e. The smallest absolute Gasteiger partial charge is 0.337 e. The number of oxazole rings is 1. The van der Waals surface area contributed by atoms with Crippen molar-refractivity contribution in [3.8, 4) is 17.3 Å². The molecule has 0 bridgehead atoms. The Kier molecular flexibility index (Phi) is 5.68. The fraction of sp³-hybridized carbons (Fsp3) is 0.172. The van der Waals surface area contributed by atoms with Gasteiger partial charge in [0.25, 0.3) is 11.4 Å². The molecule has 0 aliphatic carbocycles. The van der Waals surface area contributed by atoms with Crippen molar-refractivity contribution in [2.24, 2.45) is 7.05 Å². The van der Waals surface area contributed by atoms with Crippen LogP contribution in [0.25, 0.3) is 22.7 Å². The third-order valence-corrected chi connectivity index (χ3v) is 6.90. The molecule has 1 aliphatic rings. The highest BCUT2D eigenvalue weighted by Gasteiger charge is 2.33. The number of carbonyl (C=O) groups excluding carboxylic acids is 1. The van der Waals surface area contributed by atoms with Crippen molar-refractivity contribution >= 4 is 23.0 Å². The number of benzene rings is 3. The number of ether oxygens (including phenoxy) is 1. The van der Waals surface area contributed by atoms with Crippen molar-refractivity contribution < 1.29 is 19.1 Å². The first kappa shape index (κ1) is 23.5. The summed E-state index contributed by atoms with van der Waals surface area (Å²) in [5.41, 5.74) is 3.98. The number of hydrogen-bond acceptors (Lipinski definition) is 8. The predicted octanol–water partition coefficient (Wildman–Crippen LogP) is 4.23. The Morgan fingerprint density at radius 1 is 1.05 bits per heavy atom. The molecule has 2 aromatic heterocycles. The monoisotopic (exact) mass is 508 g/mol. The summed E-state index contributed by atoms with van der Waals surface area (Å²) in [5.74, 6) is -0.489. The molecule has 0 spiro atoms. The zero-order valence-corrected chi connectivity index (χ0v) is 20.8. The molecule has 5 aromatic rings. The summed E-state index contributed by atoms with van der Waals surface area (Å²) in [6, 6.07) is 22.3. The number of nitrogens with zero attached hydrogens (tertiary/aromatic N) is 4. The van der Waals surface area contributed by atoms with E-state index in [1.807, 2.05) is 59.5 Å². The van der Waals surface area contributed by atoms with E-state index in [2.05, 4.69) is 4.98 Å². The van der Waals surface area contributed by atoms with Crippen LogP contribution in [0, 0.1) is 0 Å². The second kappa shape index (κ2) is 9.19. The number of carbonyl (C=O) groups is 1. The second-order valence-corrected chi connectivity index (χ2v) is 9.12. The highest BCUT2D eigenvalue weighted by Crippen LogP contribution is 2.39. The van der Waals surface area contributed by atoms with Gasteiger partial charge in [-0.05, 0) is 47.4 Å². The van der Waals surface area contributed by atoms with Gasteiger partial charge < -0.3 is 19.2 Å². The number of esters is 1. The normalized spacial score (nSPS) is 14.9. The molecule has 0 saturated carbocycles. The van der Waals surface area contributed by atoms with Gasteiger partial charge in [-0.15, -0.1) is 0 Å². The van der Waals surface area contributed by atoms with Gasteiger partial charge >= 0.3 is 5.97 Å². The fourth-order valence-electron chi connectivity index (χ4n) is 5.04. The number of para-hydroxylation sites is 2. The van der Waals surface area contributed by atoms with Gasteiger partial charge in [0.05, 0.1) is 18.7 Å². The number of aromatic hydroxyl groups is 1. The quantitative estimate of drug-likeness (QED) is 0.359. The van der Waals surface area contributed by atoms with Crippen molar-refractivity contribution in [3.63, 3.8) is 0 Å². The maximum atomic E-state index is 13.2. The van der Waals surface area contributed by atoms with Crippen LogP contribution < -0.4 is 10.5 Å². The topological polar surface area (TPSA) is 111 Å². The molecule has 0 unspecified atom stereocenters. The zero-order chi connectivity index (χ0) is 26.4. The van der Waals surface area contributed by atoms with E-state index < -0.39 is 17.3 Å². The summed E-state index contributed by atoms with van der Waals surface area (Å²) in [4.78, 5) is 36.6. The van der Waals surface area contributed by atoms with Gasteiger partial charge in [0.15, 0.2) is 11.3 Å². The fourth-order valence-corrected chi connectivity index (χ4v) is 5.04. The zero-order valence-electron chi connectivity index (χ0n) is 20.8. The van der Waals surface area contributed by atoms with E-state index in [9.17, 15) is 14.7 Å². The number of aromatic nitrogens is 3. The average Bonchev–Trinajstić information content (AvgIpc) is 3.39. The summed E-state index contributed by atoms with van der Waals surface area (Å²) in [6.45, 7) is 0.509. The highest BCUT2D eigenvalue weighted by molar-refractivity contribution is 5.89. The van der Waals surface area contributed by atoms with Crippen LogP contribution in [0.3, 0.4) is 0 Å². The van der Waals surface area contributed by atoms with Crippen molar-refractivity contribution in [2.45, 2.75) is 12.5 Å². The lowest BCUT2D eigenvalue weighted by atomic mass is 9.87. The van der Waals surface area contributed by atoms with Crippen LogP contribution in [0.1, 0.15) is 33.1 Å². The molecule has 3 heterocycles. The summed E-state index contributed by atoms with van der Waals surface area (Å²) in [6.07, 6.45) is 0.610. The standard InChI is InChI=1S/C29H24N4O5/c1-32-27(35)25(34)23(26-30-21-10-6-7-11-22(21)38-26)31-29(32)33-15-14-18-16-19(28(36)37-2)12-13-20(18)24(33)17-8-4-3-5-9-17/h3-13,16,24,34H,14-15H2,1-2H3/t24-/m1/s1. The van der Waals surface area contributed by atoms with Crippen LogP contribution in [0.5, 0.6) is 5.75 Å². The van der Waals surface area contributed by atoms with Crippen molar-refractivity contribution in [1.82, 2.24) is 14.5 Å². The first-order valence-corrected chi connectivity index (χ1v) is 12.1. The third-order valence-electron chi connectivity index (χ3n) is 6.90. The first-order valence-electron chi connectivity index (χ1n) is 12.1. The number of methoxy groups -OCH3 is 1. The van der Waals surface area contributed by atoms with E-state index in [0.717, 1.165) is 16.7 Å². The molecule has 0 fully saturated rings. The molecule has 9 heteroatoms. The van der Waals surface area contributed by atoms with Crippen LogP contribution >= 0.6 is 0 Å². The molecule has 9 nitrogen and oxygen atoms in total. The maximum Gasteiger partial charge on any atom is 0.337 e. The Bertz CT molecular complexity index is 1710. The Morgan fingerprint density at radius 2 is 1.82 bits per heavy atom. The maximum absolute atomic E-state index is 13.2. The van der Waals surface area contributed by atoms with Crippen LogP contribution in [0.15, 0.2) is 82.0 Å². The summed E-state index contributed by atoms with van der Waals surface area (Å²) < 4.78 is 12.1. The molecular weight excluding hydrogens is 484 g/mol. The minimum absolute atomic E-state index is 0.0158. The van der Waals surface area contributed by atoms with Crippen molar-refractivity contribution in [3.05, 3.63) is 105 Å². The van der Waals surface area contributed by atoms with Gasteiger partial charge in [0.1, 0.15) is 5.52 Å². The van der Waals surface area contributed by atoms with Crippen LogP contribution in [-0.4, -0.2) is 39.3 Å². The van der Waals surface area contributed by atoms with Gasteiger partial charge in [-0.25, -0.2) is 14.8 Å². The third kappa shape index (κ3) is 3.80. The number of hydrogen-bond donors (Lipinski definition) is 1. The van der Waals surface area contributed by atoms with E-state index in [-0.39, 0.29) is 17.6 Å². The molecule has 0 amide bonds. The second-order valence-electron chi connectivity index (χ2n) is 9.12. The Balaban J connectivity index is 1.53. The van der Waals surface area contributed by atoms with Crippen molar-refractivity contribution in [1.29, 1.82) is 0 Å². The Labute approximate surface area is 217 Å².